The van der Waals surface area contributed by atoms with Gasteiger partial charge in [0.05, 0.1) is 0 Å². The van der Waals surface area contributed by atoms with Gasteiger partial charge in [0.15, 0.2) is 0 Å². The molecule has 0 aliphatic carbocycles. The molecule has 4 heteroatoms. The second kappa shape index (κ2) is 7.39. The number of aromatic nitrogens is 1. The molecule has 1 aliphatic rings. The van der Waals surface area contributed by atoms with E-state index in [4.69, 9.17) is 5.73 Å². The monoisotopic (exact) mass is 272 g/mol. The number of hydrogen-bond acceptors (Lipinski definition) is 4. The average Bonchev–Trinajstić information content (AvgIpc) is 2.41. The van der Waals surface area contributed by atoms with Crippen LogP contribution in [0.25, 0.3) is 0 Å². The second-order valence-corrected chi connectivity index (χ2v) is 5.64. The van der Waals surface area contributed by atoms with Gasteiger partial charge < -0.3 is 10.6 Å². The number of rotatable bonds is 3. The van der Waals surface area contributed by atoms with Gasteiger partial charge in [-0.05, 0) is 25.6 Å². The fourth-order valence-corrected chi connectivity index (χ4v) is 2.22. The van der Waals surface area contributed by atoms with Crippen molar-refractivity contribution in [1.29, 1.82) is 0 Å². The lowest BCUT2D eigenvalue weighted by atomic mass is 10.1. The van der Waals surface area contributed by atoms with E-state index in [1.807, 2.05) is 19.3 Å². The molecule has 1 aromatic rings. The molecule has 0 bridgehead atoms. The molecule has 20 heavy (non-hydrogen) atoms. The lowest BCUT2D eigenvalue weighted by Gasteiger charge is -2.32. The zero-order valence-electron chi connectivity index (χ0n) is 12.5. The summed E-state index contributed by atoms with van der Waals surface area (Å²) in [6.45, 7) is 7.46. The average molecular weight is 272 g/mol. The van der Waals surface area contributed by atoms with Crippen molar-refractivity contribution < 1.29 is 0 Å². The molecule has 1 saturated heterocycles. The summed E-state index contributed by atoms with van der Waals surface area (Å²) < 4.78 is 0. The number of piperazine rings is 1. The zero-order chi connectivity index (χ0) is 14.4. The molecule has 0 amide bonds. The van der Waals surface area contributed by atoms with Crippen LogP contribution in [0.15, 0.2) is 18.5 Å². The highest BCUT2D eigenvalue weighted by Gasteiger charge is 2.13. The van der Waals surface area contributed by atoms with Crippen LogP contribution in [0, 0.1) is 11.8 Å². The van der Waals surface area contributed by atoms with Gasteiger partial charge in [-0.25, -0.2) is 0 Å². The number of nitrogens with zero attached hydrogens (tertiary/aromatic N) is 3. The van der Waals surface area contributed by atoms with Crippen molar-refractivity contribution in [1.82, 2.24) is 14.8 Å². The van der Waals surface area contributed by atoms with Gasteiger partial charge in [-0.2, -0.15) is 0 Å². The standard InChI is InChI=1S/C16H24N4/c1-14(17)4-3-5-15-10-16(12-18-11-15)13-20-8-6-19(2)7-9-20/h10-12,14H,4,6-9,13,17H2,1-2H3/t14-/m0/s1. The highest BCUT2D eigenvalue weighted by molar-refractivity contribution is 5.34. The number of likely N-dealkylation sites (N-methyl/N-ethyl adjacent to an activating group) is 1. The van der Waals surface area contributed by atoms with Crippen LogP contribution in [0.5, 0.6) is 0 Å². The van der Waals surface area contributed by atoms with Crippen LogP contribution >= 0.6 is 0 Å². The van der Waals surface area contributed by atoms with Gasteiger partial charge in [-0.3, -0.25) is 9.88 Å². The van der Waals surface area contributed by atoms with Crippen molar-refractivity contribution in [3.63, 3.8) is 0 Å². The maximum atomic E-state index is 5.69. The normalized spacial score (nSPS) is 18.4. The van der Waals surface area contributed by atoms with E-state index in [-0.39, 0.29) is 6.04 Å². The molecule has 0 saturated carbocycles. The van der Waals surface area contributed by atoms with E-state index in [9.17, 15) is 0 Å². The molecular formula is C16H24N4. The van der Waals surface area contributed by atoms with Crippen LogP contribution in [0.4, 0.5) is 0 Å². The predicted molar refractivity (Wildman–Crippen MR) is 82.2 cm³/mol. The predicted octanol–water partition coefficient (Wildman–Crippen LogP) is 0.918. The number of hydrogen-bond donors (Lipinski definition) is 1. The first kappa shape index (κ1) is 15.0. The summed E-state index contributed by atoms with van der Waals surface area (Å²) in [4.78, 5) is 9.13. The maximum absolute atomic E-state index is 5.69. The highest BCUT2D eigenvalue weighted by atomic mass is 15.2. The van der Waals surface area contributed by atoms with Gasteiger partial charge in [0, 0.05) is 63.1 Å². The summed E-state index contributed by atoms with van der Waals surface area (Å²) in [6.07, 6.45) is 4.49. The topological polar surface area (TPSA) is 45.4 Å². The van der Waals surface area contributed by atoms with Crippen LogP contribution < -0.4 is 5.73 Å². The zero-order valence-corrected chi connectivity index (χ0v) is 12.5. The van der Waals surface area contributed by atoms with Crippen molar-refractivity contribution >= 4 is 0 Å². The second-order valence-electron chi connectivity index (χ2n) is 5.64. The molecule has 1 aliphatic heterocycles. The minimum absolute atomic E-state index is 0.129. The molecule has 108 valence electrons. The largest absolute Gasteiger partial charge is 0.327 e. The Labute approximate surface area is 122 Å². The molecule has 4 nitrogen and oxygen atoms in total. The summed E-state index contributed by atoms with van der Waals surface area (Å²) >= 11 is 0. The maximum Gasteiger partial charge on any atom is 0.0431 e. The Kier molecular flexibility index (Phi) is 5.54. The van der Waals surface area contributed by atoms with E-state index < -0.39 is 0 Å². The van der Waals surface area contributed by atoms with Gasteiger partial charge in [0.2, 0.25) is 0 Å². The molecule has 2 N–H and O–H groups in total. The minimum Gasteiger partial charge on any atom is -0.327 e. The van der Waals surface area contributed by atoms with Gasteiger partial charge in [-0.15, -0.1) is 0 Å². The molecule has 1 fully saturated rings. The third-order valence-electron chi connectivity index (χ3n) is 3.45. The fraction of sp³-hybridized carbons (Fsp3) is 0.562. The van der Waals surface area contributed by atoms with Gasteiger partial charge >= 0.3 is 0 Å². The molecular weight excluding hydrogens is 248 g/mol. The Morgan fingerprint density at radius 3 is 2.75 bits per heavy atom. The molecule has 0 aromatic carbocycles. The number of pyridine rings is 1. The Hall–Kier alpha value is -1.41. The fourth-order valence-electron chi connectivity index (χ4n) is 2.22. The Morgan fingerprint density at radius 2 is 2.05 bits per heavy atom. The highest BCUT2D eigenvalue weighted by Crippen LogP contribution is 2.08. The summed E-state index contributed by atoms with van der Waals surface area (Å²) in [5.41, 5.74) is 7.91. The van der Waals surface area contributed by atoms with Gasteiger partial charge in [0.25, 0.3) is 0 Å². The molecule has 0 spiro atoms. The summed E-state index contributed by atoms with van der Waals surface area (Å²) in [7, 11) is 2.17. The van der Waals surface area contributed by atoms with Crippen LogP contribution in [0.2, 0.25) is 0 Å². The van der Waals surface area contributed by atoms with E-state index in [1.54, 1.807) is 0 Å². The van der Waals surface area contributed by atoms with Gasteiger partial charge in [0.1, 0.15) is 0 Å². The van der Waals surface area contributed by atoms with Crippen LogP contribution in [0.3, 0.4) is 0 Å². The van der Waals surface area contributed by atoms with Crippen molar-refractivity contribution in [2.75, 3.05) is 33.2 Å². The quantitative estimate of drug-likeness (QED) is 0.831. The molecule has 1 aromatic heterocycles. The van der Waals surface area contributed by atoms with Gasteiger partial charge in [-0.1, -0.05) is 11.8 Å². The first-order valence-electron chi connectivity index (χ1n) is 7.23. The van der Waals surface area contributed by atoms with Crippen molar-refractivity contribution in [2.45, 2.75) is 25.9 Å². The summed E-state index contributed by atoms with van der Waals surface area (Å²) in [5, 5.41) is 0. The SMILES string of the molecule is C[C@H](N)CC#Cc1cncc(CN2CCN(C)CC2)c1. The smallest absolute Gasteiger partial charge is 0.0431 e. The third kappa shape index (κ3) is 4.93. The first-order valence-corrected chi connectivity index (χ1v) is 7.23. The Balaban J connectivity index is 1.93. The van der Waals surface area contributed by atoms with Crippen LogP contribution in [0.1, 0.15) is 24.5 Å². The van der Waals surface area contributed by atoms with E-state index in [0.717, 1.165) is 44.7 Å². The minimum atomic E-state index is 0.129. The van der Waals surface area contributed by atoms with Crippen LogP contribution in [-0.4, -0.2) is 54.1 Å². The van der Waals surface area contributed by atoms with Crippen molar-refractivity contribution in [3.05, 3.63) is 29.6 Å². The van der Waals surface area contributed by atoms with Crippen molar-refractivity contribution in [2.24, 2.45) is 5.73 Å². The lowest BCUT2D eigenvalue weighted by Crippen LogP contribution is -2.43. The molecule has 1 atom stereocenters. The van der Waals surface area contributed by atoms with E-state index in [1.165, 1.54) is 5.56 Å². The molecule has 2 heterocycles. The first-order chi connectivity index (χ1) is 9.63. The molecule has 0 radical (unpaired) electrons. The van der Waals surface area contributed by atoms with Crippen LogP contribution in [-0.2, 0) is 6.54 Å². The van der Waals surface area contributed by atoms with E-state index in [0.29, 0.717) is 0 Å². The lowest BCUT2D eigenvalue weighted by molar-refractivity contribution is 0.148. The Bertz CT molecular complexity index is 479. The summed E-state index contributed by atoms with van der Waals surface area (Å²) in [5.74, 6) is 6.24. The van der Waals surface area contributed by atoms with Crippen molar-refractivity contribution in [3.8, 4) is 11.8 Å². The third-order valence-corrected chi connectivity index (χ3v) is 3.45. The Morgan fingerprint density at radius 1 is 1.30 bits per heavy atom. The molecule has 2 rings (SSSR count). The number of nitrogens with two attached hydrogens (primary N) is 1. The van der Waals surface area contributed by atoms with E-state index >= 15 is 0 Å². The summed E-state index contributed by atoms with van der Waals surface area (Å²) in [6, 6.07) is 2.27. The van der Waals surface area contributed by atoms with E-state index in [2.05, 4.69) is 39.7 Å². The molecule has 0 unspecified atom stereocenters.